The van der Waals surface area contributed by atoms with E-state index in [0.29, 0.717) is 6.61 Å². The van der Waals surface area contributed by atoms with Gasteiger partial charge in [0.25, 0.3) is 0 Å². The van der Waals surface area contributed by atoms with E-state index in [9.17, 15) is 14.7 Å². The maximum atomic E-state index is 12.1. The number of rotatable bonds is 4. The van der Waals surface area contributed by atoms with Crippen LogP contribution in [-0.4, -0.2) is 40.9 Å². The zero-order valence-corrected chi connectivity index (χ0v) is 11.7. The molecule has 2 fully saturated rings. The summed E-state index contributed by atoms with van der Waals surface area (Å²) in [5, 5.41) is 14.8. The van der Waals surface area contributed by atoms with Gasteiger partial charge in [0.2, 0.25) is 0 Å². The molecular weight excluding hydrogens is 248 g/mol. The molecule has 1 heterocycles. The van der Waals surface area contributed by atoms with Crippen molar-refractivity contribution in [1.29, 1.82) is 0 Å². The lowest BCUT2D eigenvalue weighted by Crippen LogP contribution is -2.61. The Morgan fingerprint density at radius 1 is 1.42 bits per heavy atom. The first kappa shape index (κ1) is 14.1. The van der Waals surface area contributed by atoms with E-state index in [1.54, 1.807) is 6.92 Å². The number of amides is 2. The Balaban J connectivity index is 1.99. The summed E-state index contributed by atoms with van der Waals surface area (Å²) in [6.07, 6.45) is 2.35. The first-order chi connectivity index (χ1) is 8.78. The van der Waals surface area contributed by atoms with Crippen LogP contribution in [-0.2, 0) is 9.53 Å². The van der Waals surface area contributed by atoms with Crippen molar-refractivity contribution < 1.29 is 19.4 Å². The molecule has 1 saturated heterocycles. The first-order valence-corrected chi connectivity index (χ1v) is 6.73. The number of carboxylic acids is 1. The minimum Gasteiger partial charge on any atom is -0.480 e. The summed E-state index contributed by atoms with van der Waals surface area (Å²) >= 11 is 0. The highest BCUT2D eigenvalue weighted by molar-refractivity contribution is 5.86. The van der Waals surface area contributed by atoms with E-state index in [2.05, 4.69) is 10.6 Å². The molecule has 0 spiro atoms. The van der Waals surface area contributed by atoms with E-state index in [1.807, 2.05) is 13.8 Å². The Morgan fingerprint density at radius 2 is 2.05 bits per heavy atom. The highest BCUT2D eigenvalue weighted by Gasteiger charge is 2.49. The molecule has 0 radical (unpaired) electrons. The molecule has 0 aromatic rings. The molecule has 0 bridgehead atoms. The maximum absolute atomic E-state index is 12.1. The molecule has 1 aliphatic carbocycles. The standard InChI is InChI=1S/C13H22N2O4/c1-8-12(2,6-7-19-8)14-11(18)15-13(3,10(16)17)9-4-5-9/h8-9H,4-7H2,1-3H3,(H,16,17)(H2,14,15,18). The molecule has 2 aliphatic rings. The van der Waals surface area contributed by atoms with Crippen LogP contribution in [0.2, 0.25) is 0 Å². The molecule has 1 saturated carbocycles. The minimum absolute atomic E-state index is 0.0285. The molecule has 19 heavy (non-hydrogen) atoms. The van der Waals surface area contributed by atoms with Crippen LogP contribution in [0.15, 0.2) is 0 Å². The van der Waals surface area contributed by atoms with Gasteiger partial charge in [0.05, 0.1) is 11.6 Å². The van der Waals surface area contributed by atoms with Gasteiger partial charge >= 0.3 is 12.0 Å². The van der Waals surface area contributed by atoms with Gasteiger partial charge in [-0.3, -0.25) is 0 Å². The maximum Gasteiger partial charge on any atom is 0.329 e. The van der Waals surface area contributed by atoms with E-state index < -0.39 is 23.1 Å². The Labute approximate surface area is 112 Å². The number of nitrogens with one attached hydrogen (secondary N) is 2. The lowest BCUT2D eigenvalue weighted by molar-refractivity contribution is -0.144. The van der Waals surface area contributed by atoms with Gasteiger partial charge in [0.15, 0.2) is 0 Å². The van der Waals surface area contributed by atoms with Gasteiger partial charge in [0.1, 0.15) is 5.54 Å². The van der Waals surface area contributed by atoms with Crippen LogP contribution in [0, 0.1) is 5.92 Å². The van der Waals surface area contributed by atoms with Crippen LogP contribution < -0.4 is 10.6 Å². The van der Waals surface area contributed by atoms with Crippen LogP contribution in [0.3, 0.4) is 0 Å². The molecule has 2 amide bonds. The second-order valence-electron chi connectivity index (χ2n) is 6.04. The van der Waals surface area contributed by atoms with Crippen molar-refractivity contribution in [2.75, 3.05) is 6.61 Å². The molecule has 2 rings (SSSR count). The smallest absolute Gasteiger partial charge is 0.329 e. The van der Waals surface area contributed by atoms with Crippen LogP contribution >= 0.6 is 0 Å². The number of ether oxygens (including phenoxy) is 1. The predicted octanol–water partition coefficient (Wildman–Crippen LogP) is 1.11. The van der Waals surface area contributed by atoms with Crippen molar-refractivity contribution in [3.63, 3.8) is 0 Å². The monoisotopic (exact) mass is 270 g/mol. The van der Waals surface area contributed by atoms with Crippen molar-refractivity contribution >= 4 is 12.0 Å². The lowest BCUT2D eigenvalue weighted by Gasteiger charge is -2.32. The zero-order chi connectivity index (χ0) is 14.3. The molecule has 108 valence electrons. The van der Waals surface area contributed by atoms with Crippen molar-refractivity contribution in [2.24, 2.45) is 5.92 Å². The molecule has 3 atom stereocenters. The summed E-state index contributed by atoms with van der Waals surface area (Å²) in [6, 6.07) is -0.434. The second-order valence-corrected chi connectivity index (χ2v) is 6.04. The van der Waals surface area contributed by atoms with Gasteiger partial charge < -0.3 is 20.5 Å². The van der Waals surface area contributed by atoms with E-state index in [-0.39, 0.29) is 12.0 Å². The number of hydrogen-bond donors (Lipinski definition) is 3. The number of urea groups is 1. The Kier molecular flexibility index (Phi) is 3.47. The first-order valence-electron chi connectivity index (χ1n) is 6.73. The quantitative estimate of drug-likeness (QED) is 0.714. The number of hydrogen-bond acceptors (Lipinski definition) is 3. The molecule has 3 N–H and O–H groups in total. The van der Waals surface area contributed by atoms with Gasteiger partial charge in [-0.2, -0.15) is 0 Å². The largest absolute Gasteiger partial charge is 0.480 e. The number of aliphatic carboxylic acids is 1. The van der Waals surface area contributed by atoms with Crippen LogP contribution in [0.5, 0.6) is 0 Å². The topological polar surface area (TPSA) is 87.7 Å². The second kappa shape index (κ2) is 4.67. The van der Waals surface area contributed by atoms with Gasteiger partial charge in [-0.1, -0.05) is 0 Å². The molecule has 1 aliphatic heterocycles. The third kappa shape index (κ3) is 2.68. The Bertz CT molecular complexity index is 396. The summed E-state index contributed by atoms with van der Waals surface area (Å²) in [4.78, 5) is 23.4. The highest BCUT2D eigenvalue weighted by atomic mass is 16.5. The summed E-state index contributed by atoms with van der Waals surface area (Å²) in [5.74, 6) is -0.952. The molecule has 0 aromatic heterocycles. The predicted molar refractivity (Wildman–Crippen MR) is 68.9 cm³/mol. The fourth-order valence-corrected chi connectivity index (χ4v) is 2.52. The number of carbonyl (C=O) groups excluding carboxylic acids is 1. The van der Waals surface area contributed by atoms with Crippen molar-refractivity contribution in [3.8, 4) is 0 Å². The molecule has 3 unspecified atom stereocenters. The third-order valence-electron chi connectivity index (χ3n) is 4.50. The van der Waals surface area contributed by atoms with E-state index >= 15 is 0 Å². The van der Waals surface area contributed by atoms with E-state index in [1.165, 1.54) is 0 Å². The lowest BCUT2D eigenvalue weighted by atomic mass is 9.94. The number of carbonyl (C=O) groups is 2. The van der Waals surface area contributed by atoms with Gasteiger partial charge in [-0.15, -0.1) is 0 Å². The third-order valence-corrected chi connectivity index (χ3v) is 4.50. The Morgan fingerprint density at radius 3 is 2.47 bits per heavy atom. The average molecular weight is 270 g/mol. The van der Waals surface area contributed by atoms with Gasteiger partial charge in [0, 0.05) is 6.61 Å². The van der Waals surface area contributed by atoms with Crippen LogP contribution in [0.25, 0.3) is 0 Å². The van der Waals surface area contributed by atoms with Gasteiger partial charge in [-0.25, -0.2) is 9.59 Å². The average Bonchev–Trinajstić information content (AvgIpc) is 3.07. The molecular formula is C13H22N2O4. The number of carboxylic acid groups (broad SMARTS) is 1. The van der Waals surface area contributed by atoms with Crippen LogP contribution in [0.4, 0.5) is 4.79 Å². The minimum atomic E-state index is -1.18. The summed E-state index contributed by atoms with van der Waals surface area (Å²) < 4.78 is 5.45. The zero-order valence-electron chi connectivity index (χ0n) is 11.7. The molecule has 6 heteroatoms. The summed E-state index contributed by atoms with van der Waals surface area (Å²) in [5.41, 5.74) is -1.61. The summed E-state index contributed by atoms with van der Waals surface area (Å²) in [6.45, 7) is 6.00. The van der Waals surface area contributed by atoms with Gasteiger partial charge in [-0.05, 0) is 46.0 Å². The fraction of sp³-hybridized carbons (Fsp3) is 0.846. The molecule has 0 aromatic carbocycles. The van der Waals surface area contributed by atoms with Crippen molar-refractivity contribution in [2.45, 2.75) is 57.2 Å². The van der Waals surface area contributed by atoms with E-state index in [4.69, 9.17) is 4.74 Å². The summed E-state index contributed by atoms with van der Waals surface area (Å²) in [7, 11) is 0. The SMILES string of the molecule is CC1OCCC1(C)NC(=O)NC(C)(C(=O)O)C1CC1. The van der Waals surface area contributed by atoms with E-state index in [0.717, 1.165) is 19.3 Å². The Hall–Kier alpha value is -1.30. The fourth-order valence-electron chi connectivity index (χ4n) is 2.52. The van der Waals surface area contributed by atoms with Crippen LogP contribution in [0.1, 0.15) is 40.0 Å². The van der Waals surface area contributed by atoms with Crippen molar-refractivity contribution in [3.05, 3.63) is 0 Å². The normalized spacial score (nSPS) is 33.5. The highest BCUT2D eigenvalue weighted by Crippen LogP contribution is 2.39. The van der Waals surface area contributed by atoms with Crippen molar-refractivity contribution in [1.82, 2.24) is 10.6 Å². The molecule has 6 nitrogen and oxygen atoms in total.